The van der Waals surface area contributed by atoms with Gasteiger partial charge in [-0.15, -0.1) is 0 Å². The SMILES string of the molecule is Cc1ccc(Oc2cnc(CN3CCC(=O)C(C(=O)NCC(=O)O)C3=O)cn2)cc1. The van der Waals surface area contributed by atoms with Gasteiger partial charge >= 0.3 is 5.97 Å². The van der Waals surface area contributed by atoms with E-state index in [2.05, 4.69) is 15.3 Å². The number of ketones is 1. The number of carbonyl (C=O) groups is 4. The van der Waals surface area contributed by atoms with Crippen LogP contribution < -0.4 is 10.1 Å². The Bertz CT molecular complexity index is 958. The molecule has 0 bridgehead atoms. The van der Waals surface area contributed by atoms with Crippen LogP contribution in [0.3, 0.4) is 0 Å². The molecule has 0 radical (unpaired) electrons. The number of amides is 2. The number of nitrogens with zero attached hydrogens (tertiary/aromatic N) is 3. The summed E-state index contributed by atoms with van der Waals surface area (Å²) in [6.45, 7) is 1.51. The molecule has 0 aliphatic carbocycles. The highest BCUT2D eigenvalue weighted by Crippen LogP contribution is 2.20. The van der Waals surface area contributed by atoms with E-state index in [9.17, 15) is 19.2 Å². The number of aliphatic carboxylic acids is 1. The van der Waals surface area contributed by atoms with Gasteiger partial charge in [-0.2, -0.15) is 0 Å². The van der Waals surface area contributed by atoms with E-state index in [1.165, 1.54) is 17.3 Å². The second kappa shape index (κ2) is 9.12. The third-order valence-corrected chi connectivity index (χ3v) is 4.46. The number of benzene rings is 1. The van der Waals surface area contributed by atoms with Crippen molar-refractivity contribution in [2.24, 2.45) is 5.92 Å². The van der Waals surface area contributed by atoms with Gasteiger partial charge in [0.15, 0.2) is 11.7 Å². The number of aromatic nitrogens is 2. The van der Waals surface area contributed by atoms with Crippen LogP contribution >= 0.6 is 0 Å². The van der Waals surface area contributed by atoms with E-state index in [0.29, 0.717) is 11.4 Å². The standard InChI is InChI=1S/C20H20N4O6/c1-12-2-4-14(5-3-12)30-16-9-21-13(8-22-16)11-24-7-6-15(25)18(20(24)29)19(28)23-10-17(26)27/h2-5,8-9,18H,6-7,10-11H2,1H3,(H,23,28)(H,26,27). The maximum atomic E-state index is 12.6. The largest absolute Gasteiger partial charge is 0.480 e. The molecule has 2 amide bonds. The number of Topliss-reactive ketones (excluding diaryl/α,β-unsaturated/α-hetero) is 1. The van der Waals surface area contributed by atoms with Gasteiger partial charge in [0.05, 0.1) is 24.6 Å². The molecule has 156 valence electrons. The summed E-state index contributed by atoms with van der Waals surface area (Å²) in [5, 5.41) is 10.7. The van der Waals surface area contributed by atoms with E-state index >= 15 is 0 Å². The van der Waals surface area contributed by atoms with Crippen LogP contribution in [0.25, 0.3) is 0 Å². The van der Waals surface area contributed by atoms with Crippen molar-refractivity contribution >= 4 is 23.6 Å². The molecule has 2 N–H and O–H groups in total. The Kier molecular flexibility index (Phi) is 6.35. The van der Waals surface area contributed by atoms with Gasteiger partial charge in [0, 0.05) is 13.0 Å². The van der Waals surface area contributed by atoms with Crippen molar-refractivity contribution in [1.82, 2.24) is 20.2 Å². The fourth-order valence-electron chi connectivity index (χ4n) is 2.90. The number of carboxylic acid groups (broad SMARTS) is 1. The van der Waals surface area contributed by atoms with Crippen molar-refractivity contribution in [2.75, 3.05) is 13.1 Å². The van der Waals surface area contributed by atoms with Crippen LogP contribution in [-0.2, 0) is 25.7 Å². The highest BCUT2D eigenvalue weighted by Gasteiger charge is 2.40. The summed E-state index contributed by atoms with van der Waals surface area (Å²) < 4.78 is 5.61. The molecule has 3 rings (SSSR count). The number of hydrogen-bond acceptors (Lipinski definition) is 7. The predicted molar refractivity (Wildman–Crippen MR) is 102 cm³/mol. The van der Waals surface area contributed by atoms with Gasteiger partial charge in [0.1, 0.15) is 12.3 Å². The summed E-state index contributed by atoms with van der Waals surface area (Å²) >= 11 is 0. The van der Waals surface area contributed by atoms with Crippen molar-refractivity contribution in [2.45, 2.75) is 19.9 Å². The molecule has 0 spiro atoms. The Hall–Kier alpha value is -3.82. The van der Waals surface area contributed by atoms with Gasteiger partial charge in [-0.25, -0.2) is 4.98 Å². The highest BCUT2D eigenvalue weighted by molar-refractivity contribution is 6.19. The minimum atomic E-state index is -1.55. The van der Waals surface area contributed by atoms with Crippen molar-refractivity contribution in [3.8, 4) is 11.6 Å². The first-order valence-corrected chi connectivity index (χ1v) is 9.20. The van der Waals surface area contributed by atoms with Crippen LogP contribution in [0.4, 0.5) is 0 Å². The van der Waals surface area contributed by atoms with Gasteiger partial charge in [-0.3, -0.25) is 24.2 Å². The number of carbonyl (C=O) groups excluding carboxylic acids is 3. The van der Waals surface area contributed by atoms with Crippen molar-refractivity contribution in [3.63, 3.8) is 0 Å². The summed E-state index contributed by atoms with van der Waals surface area (Å²) in [6.07, 6.45) is 2.87. The molecule has 10 heteroatoms. The molecule has 1 aliphatic heterocycles. The molecular formula is C20H20N4O6. The number of aryl methyl sites for hydroxylation is 1. The van der Waals surface area contributed by atoms with Gasteiger partial charge in [-0.1, -0.05) is 17.7 Å². The Morgan fingerprint density at radius 3 is 2.57 bits per heavy atom. The fraction of sp³-hybridized carbons (Fsp3) is 0.300. The average Bonchev–Trinajstić information content (AvgIpc) is 2.72. The number of rotatable bonds is 7. The quantitative estimate of drug-likeness (QED) is 0.634. The van der Waals surface area contributed by atoms with Crippen molar-refractivity contribution < 1.29 is 29.0 Å². The molecule has 2 aromatic rings. The Labute approximate surface area is 171 Å². The lowest BCUT2D eigenvalue weighted by molar-refractivity contribution is -0.152. The number of likely N-dealkylation sites (tertiary alicyclic amines) is 1. The maximum absolute atomic E-state index is 12.6. The molecule has 1 aliphatic rings. The number of carboxylic acids is 1. The zero-order valence-electron chi connectivity index (χ0n) is 16.2. The first-order valence-electron chi connectivity index (χ1n) is 9.20. The van der Waals surface area contributed by atoms with E-state index in [4.69, 9.17) is 9.84 Å². The number of nitrogens with one attached hydrogen (secondary N) is 1. The molecular weight excluding hydrogens is 392 g/mol. The lowest BCUT2D eigenvalue weighted by atomic mass is 9.94. The van der Waals surface area contributed by atoms with Crippen LogP contribution in [0.5, 0.6) is 11.6 Å². The van der Waals surface area contributed by atoms with Gasteiger partial charge in [0.25, 0.3) is 0 Å². The summed E-state index contributed by atoms with van der Waals surface area (Å²) in [4.78, 5) is 57.0. The van der Waals surface area contributed by atoms with E-state index < -0.39 is 36.0 Å². The van der Waals surface area contributed by atoms with Crippen molar-refractivity contribution in [1.29, 1.82) is 0 Å². The molecule has 1 unspecified atom stereocenters. The number of ether oxygens (including phenoxy) is 1. The van der Waals surface area contributed by atoms with E-state index in [1.54, 1.807) is 0 Å². The molecule has 30 heavy (non-hydrogen) atoms. The molecule has 1 aromatic heterocycles. The van der Waals surface area contributed by atoms with Gasteiger partial charge in [-0.05, 0) is 19.1 Å². The predicted octanol–water partition coefficient (Wildman–Crippen LogP) is 0.696. The topological polar surface area (TPSA) is 139 Å². The third-order valence-electron chi connectivity index (χ3n) is 4.46. The number of piperidine rings is 1. The van der Waals surface area contributed by atoms with Crippen LogP contribution in [0.2, 0.25) is 0 Å². The summed E-state index contributed by atoms with van der Waals surface area (Å²) in [5.74, 6) is -4.04. The normalized spacial score (nSPS) is 16.3. The summed E-state index contributed by atoms with van der Waals surface area (Å²) in [6, 6.07) is 7.43. The third kappa shape index (κ3) is 5.16. The molecule has 2 heterocycles. The monoisotopic (exact) mass is 412 g/mol. The minimum Gasteiger partial charge on any atom is -0.480 e. The average molecular weight is 412 g/mol. The molecule has 10 nitrogen and oxygen atoms in total. The molecule has 1 fully saturated rings. The Morgan fingerprint density at radius 1 is 1.20 bits per heavy atom. The number of hydrogen-bond donors (Lipinski definition) is 2. The first-order chi connectivity index (χ1) is 14.3. The molecule has 1 aromatic carbocycles. The van der Waals surface area contributed by atoms with Crippen LogP contribution in [-0.4, -0.2) is 56.6 Å². The van der Waals surface area contributed by atoms with Crippen LogP contribution in [0, 0.1) is 12.8 Å². The van der Waals surface area contributed by atoms with E-state index in [-0.39, 0.29) is 25.4 Å². The molecule has 1 saturated heterocycles. The fourth-order valence-corrected chi connectivity index (χ4v) is 2.90. The van der Waals surface area contributed by atoms with E-state index in [0.717, 1.165) is 5.56 Å². The van der Waals surface area contributed by atoms with Crippen molar-refractivity contribution in [3.05, 3.63) is 47.9 Å². The summed E-state index contributed by atoms with van der Waals surface area (Å²) in [5.41, 5.74) is 1.56. The lowest BCUT2D eigenvalue weighted by Gasteiger charge is -2.30. The van der Waals surface area contributed by atoms with Gasteiger partial charge in [0.2, 0.25) is 17.7 Å². The lowest BCUT2D eigenvalue weighted by Crippen LogP contribution is -2.52. The minimum absolute atomic E-state index is 0.00105. The Balaban J connectivity index is 1.62. The maximum Gasteiger partial charge on any atom is 0.322 e. The van der Waals surface area contributed by atoms with Crippen LogP contribution in [0.1, 0.15) is 17.7 Å². The molecule has 1 atom stereocenters. The second-order valence-corrected chi connectivity index (χ2v) is 6.78. The highest BCUT2D eigenvalue weighted by atomic mass is 16.5. The van der Waals surface area contributed by atoms with Gasteiger partial charge < -0.3 is 20.1 Å². The smallest absolute Gasteiger partial charge is 0.322 e. The zero-order chi connectivity index (χ0) is 21.7. The second-order valence-electron chi connectivity index (χ2n) is 6.78. The first kappa shape index (κ1) is 20.9. The van der Waals surface area contributed by atoms with E-state index in [1.807, 2.05) is 31.2 Å². The zero-order valence-corrected chi connectivity index (χ0v) is 16.2. The van der Waals surface area contributed by atoms with Crippen LogP contribution in [0.15, 0.2) is 36.7 Å². The summed E-state index contributed by atoms with van der Waals surface area (Å²) in [7, 11) is 0. The molecule has 0 saturated carbocycles. The Morgan fingerprint density at radius 2 is 1.93 bits per heavy atom.